The van der Waals surface area contributed by atoms with Gasteiger partial charge < -0.3 is 110 Å². The molecule has 1 amide bonds. The van der Waals surface area contributed by atoms with E-state index in [1.165, 1.54) is 0 Å². The van der Waals surface area contributed by atoms with E-state index in [-0.39, 0.29) is 19.1 Å². The number of carbonyl (C=O) groups is 1. The molecule has 0 unspecified atom stereocenters. The first-order valence-electron chi connectivity index (χ1n) is 20.2. The lowest BCUT2D eigenvalue weighted by atomic mass is 9.93. The van der Waals surface area contributed by atoms with E-state index >= 15 is 0 Å². The molecule has 0 spiro atoms. The molecule has 0 aromatic carbocycles. The predicted octanol–water partition coefficient (Wildman–Crippen LogP) is -7.29. The van der Waals surface area contributed by atoms with Crippen LogP contribution in [0.2, 0.25) is 0 Å². The minimum absolute atomic E-state index is 0.0790. The van der Waals surface area contributed by atoms with Crippen LogP contribution in [0.4, 0.5) is 0 Å². The van der Waals surface area contributed by atoms with Gasteiger partial charge in [0.2, 0.25) is 5.91 Å². The van der Waals surface area contributed by atoms with Gasteiger partial charge in [0, 0.05) is 20.0 Å². The number of ether oxygens (including phenoxy) is 7. The van der Waals surface area contributed by atoms with E-state index in [1.807, 2.05) is 4.90 Å². The highest BCUT2D eigenvalue weighted by Crippen LogP contribution is 2.31. The number of rotatable bonds is 21. The number of hydrogen-bond acceptors (Lipinski definition) is 22. The smallest absolute Gasteiger partial charge is 0.219 e. The van der Waals surface area contributed by atoms with Crippen LogP contribution in [-0.4, -0.2) is 253 Å². The van der Waals surface area contributed by atoms with Crippen molar-refractivity contribution in [1.29, 1.82) is 0 Å². The largest absolute Gasteiger partial charge is 0.394 e. The second kappa shape index (κ2) is 23.9. The Morgan fingerprint density at radius 3 is 1.73 bits per heavy atom. The van der Waals surface area contributed by atoms with Crippen molar-refractivity contribution < 1.29 is 104 Å². The third kappa shape index (κ3) is 13.1. The molecular weight excluding hydrogens is 796 g/mol. The summed E-state index contributed by atoms with van der Waals surface area (Å²) in [5, 5.41) is 137. The molecule has 0 aromatic heterocycles. The van der Waals surface area contributed by atoms with E-state index < -0.39 is 142 Å². The highest BCUT2D eigenvalue weighted by atomic mass is 16.7. The molecule has 0 aliphatic carbocycles. The van der Waals surface area contributed by atoms with Crippen LogP contribution in [0.25, 0.3) is 0 Å². The maximum absolute atomic E-state index is 11.7. The first kappa shape index (κ1) is 50.3. The van der Waals surface area contributed by atoms with E-state index in [4.69, 9.17) is 33.2 Å². The quantitative estimate of drug-likeness (QED) is 0.0477. The number of amides is 1. The molecule has 0 saturated carbocycles. The molecule has 0 bridgehead atoms. The summed E-state index contributed by atoms with van der Waals surface area (Å²) in [4.78, 5) is 13.7. The fourth-order valence-corrected chi connectivity index (χ4v) is 7.52. The van der Waals surface area contributed by atoms with Gasteiger partial charge in [0.1, 0.15) is 91.6 Å². The molecule has 23 heteroatoms. The van der Waals surface area contributed by atoms with Gasteiger partial charge in [-0.25, -0.2) is 0 Å². The van der Waals surface area contributed by atoms with Gasteiger partial charge in [-0.1, -0.05) is 6.42 Å². The highest BCUT2D eigenvalue weighted by Gasteiger charge is 2.52. The molecule has 346 valence electrons. The zero-order valence-corrected chi connectivity index (χ0v) is 33.3. The van der Waals surface area contributed by atoms with Crippen LogP contribution in [0, 0.1) is 0 Å². The molecule has 0 aromatic rings. The number of carbonyl (C=O) groups excluding carboxylic acids is 1. The molecule has 4 fully saturated rings. The number of aliphatic hydroxyl groups is 13. The number of aliphatic hydroxyl groups excluding tert-OH is 13. The first-order valence-corrected chi connectivity index (χ1v) is 20.2. The summed E-state index contributed by atoms with van der Waals surface area (Å²) in [5.41, 5.74) is 0. The summed E-state index contributed by atoms with van der Waals surface area (Å²) in [7, 11) is 1.56. The fourth-order valence-electron chi connectivity index (χ4n) is 7.52. The van der Waals surface area contributed by atoms with Gasteiger partial charge in [-0.2, -0.15) is 0 Å². The van der Waals surface area contributed by atoms with Crippen LogP contribution >= 0.6 is 0 Å². The van der Waals surface area contributed by atoms with Crippen molar-refractivity contribution in [2.75, 3.05) is 53.1 Å². The van der Waals surface area contributed by atoms with Crippen molar-refractivity contribution in [2.24, 2.45) is 0 Å². The second-order valence-electron chi connectivity index (χ2n) is 15.5. The van der Waals surface area contributed by atoms with Crippen LogP contribution in [0.5, 0.6) is 0 Å². The first-order chi connectivity index (χ1) is 28.0. The van der Waals surface area contributed by atoms with Crippen molar-refractivity contribution in [3.05, 3.63) is 0 Å². The molecule has 23 nitrogen and oxygen atoms in total. The van der Waals surface area contributed by atoms with Gasteiger partial charge in [-0.3, -0.25) is 4.79 Å². The molecule has 4 saturated heterocycles. The maximum Gasteiger partial charge on any atom is 0.219 e. The van der Waals surface area contributed by atoms with Crippen LogP contribution in [0.1, 0.15) is 45.4 Å². The van der Waals surface area contributed by atoms with Gasteiger partial charge in [0.05, 0.1) is 38.6 Å². The highest BCUT2D eigenvalue weighted by molar-refractivity contribution is 5.75. The van der Waals surface area contributed by atoms with Crippen LogP contribution < -0.4 is 5.32 Å². The lowest BCUT2D eigenvalue weighted by Gasteiger charge is -2.46. The average Bonchev–Trinajstić information content (AvgIpc) is 3.22. The lowest BCUT2D eigenvalue weighted by molar-refractivity contribution is -0.366. The van der Waals surface area contributed by atoms with Crippen molar-refractivity contribution >= 4 is 5.91 Å². The number of nitrogens with zero attached hydrogens (tertiary/aromatic N) is 1. The van der Waals surface area contributed by atoms with E-state index in [0.717, 1.165) is 6.42 Å². The van der Waals surface area contributed by atoms with Crippen molar-refractivity contribution in [3.63, 3.8) is 0 Å². The van der Waals surface area contributed by atoms with E-state index in [1.54, 1.807) is 14.0 Å². The molecule has 20 atom stereocenters. The van der Waals surface area contributed by atoms with Gasteiger partial charge in [-0.15, -0.1) is 0 Å². The summed E-state index contributed by atoms with van der Waals surface area (Å²) in [5.74, 6) is -0.0790. The van der Waals surface area contributed by atoms with Crippen molar-refractivity contribution in [2.45, 2.75) is 168 Å². The Morgan fingerprint density at radius 1 is 0.559 bits per heavy atom. The molecule has 0 radical (unpaired) electrons. The number of hydrogen-bond donors (Lipinski definition) is 14. The number of nitrogens with one attached hydrogen (secondary N) is 1. The normalized spacial score (nSPS) is 43.2. The molecule has 59 heavy (non-hydrogen) atoms. The molecule has 14 N–H and O–H groups in total. The summed E-state index contributed by atoms with van der Waals surface area (Å²) >= 11 is 0. The van der Waals surface area contributed by atoms with Gasteiger partial charge in [-0.05, 0) is 45.7 Å². The Morgan fingerprint density at radius 2 is 1.10 bits per heavy atom. The second-order valence-corrected chi connectivity index (χ2v) is 15.5. The van der Waals surface area contributed by atoms with Crippen molar-refractivity contribution in [3.8, 4) is 0 Å². The summed E-state index contributed by atoms with van der Waals surface area (Å²) < 4.78 is 39.8. The Bertz CT molecular complexity index is 1230. The molecular formula is C36H66N2O21. The number of unbranched alkanes of at least 4 members (excludes halogenated alkanes) is 2. The molecule has 4 aliphatic rings. The minimum Gasteiger partial charge on any atom is -0.394 e. The van der Waals surface area contributed by atoms with Crippen LogP contribution in [-0.2, 0) is 38.0 Å². The van der Waals surface area contributed by atoms with Gasteiger partial charge in [0.25, 0.3) is 0 Å². The molecule has 4 heterocycles. The fraction of sp³-hybridized carbons (Fsp3) is 0.972. The maximum atomic E-state index is 11.7. The van der Waals surface area contributed by atoms with E-state index in [9.17, 15) is 71.2 Å². The van der Waals surface area contributed by atoms with Crippen LogP contribution in [0.15, 0.2) is 0 Å². The average molecular weight is 863 g/mol. The summed E-state index contributed by atoms with van der Waals surface area (Å²) in [6, 6.07) is 0. The zero-order chi connectivity index (χ0) is 43.6. The Labute approximate surface area is 341 Å². The van der Waals surface area contributed by atoms with Gasteiger partial charge >= 0.3 is 0 Å². The van der Waals surface area contributed by atoms with E-state index in [0.29, 0.717) is 45.2 Å². The van der Waals surface area contributed by atoms with Crippen molar-refractivity contribution in [1.82, 2.24) is 10.2 Å². The Balaban J connectivity index is 1.44. The third-order valence-electron chi connectivity index (χ3n) is 11.3. The topological polar surface area (TPSA) is 360 Å². The summed E-state index contributed by atoms with van der Waals surface area (Å²) in [6.45, 7) is 0.633. The third-order valence-corrected chi connectivity index (χ3v) is 11.3. The van der Waals surface area contributed by atoms with Gasteiger partial charge in [0.15, 0.2) is 18.9 Å². The SMILES string of the molecule is CNC(=O)CCCCCN(CCC[C@@H]1O[C@@H](C)[C@@H](O)[C@@H](O)[C@@H]1O)CCO[C@H]1O[C@H](CO[C@H]2O[C@H](CO)[C@@H](O)[C@H](O)[C@@H]2O)[C@@H](O)[C@H](O[C@H]2O[C@H](CO)[C@@H](O)[C@H](O)[C@@H]2O)[C@@H]1O. The Kier molecular flexibility index (Phi) is 20.4. The lowest BCUT2D eigenvalue weighted by Crippen LogP contribution is -2.65. The van der Waals surface area contributed by atoms with E-state index in [2.05, 4.69) is 5.32 Å². The predicted molar refractivity (Wildman–Crippen MR) is 196 cm³/mol. The minimum atomic E-state index is -1.90. The standard InChI is InChI=1S/C36H66N2O21/c1-16-22(42)27(47)23(43)17(55-16)7-6-10-38(9-5-3-4-8-21(41)37-2)11-12-53-35-32(52)33(59-36-31(51)29(49)25(45)19(14-40)57-36)26(46)20(58-35)15-54-34-30(50)28(48)24(44)18(13-39)56-34/h16-20,22-36,39-40,42-52H,3-15H2,1-2H3,(H,37,41)/t16-,17-,18+,19+,20+,22+,23+,24+,25+,26+,27+,28-,29-,30-,31-,32-,33-,34-,35-,36+/m0/s1. The van der Waals surface area contributed by atoms with Crippen LogP contribution in [0.3, 0.4) is 0 Å². The monoisotopic (exact) mass is 862 g/mol. The zero-order valence-electron chi connectivity index (χ0n) is 33.3. The molecule has 4 rings (SSSR count). The summed E-state index contributed by atoms with van der Waals surface area (Å²) in [6.07, 6.45) is -27.2. The molecule has 4 aliphatic heterocycles. The Hall–Kier alpha value is -1.37.